The summed E-state index contributed by atoms with van der Waals surface area (Å²) in [6.07, 6.45) is 7.48. The van der Waals surface area contributed by atoms with Gasteiger partial charge in [0, 0.05) is 48.4 Å². The van der Waals surface area contributed by atoms with Crippen molar-refractivity contribution in [1.82, 2.24) is 20.1 Å². The summed E-state index contributed by atoms with van der Waals surface area (Å²) in [5.74, 6) is 0.738. The first kappa shape index (κ1) is 20.0. The van der Waals surface area contributed by atoms with Crippen molar-refractivity contribution in [3.8, 4) is 11.3 Å². The number of anilines is 1. The minimum Gasteiger partial charge on any atom is -0.379 e. The maximum atomic E-state index is 12.9. The van der Waals surface area contributed by atoms with E-state index in [4.69, 9.17) is 4.74 Å². The molecule has 1 amide bonds. The molecule has 1 aromatic carbocycles. The van der Waals surface area contributed by atoms with Gasteiger partial charge in [0.1, 0.15) is 5.82 Å². The lowest BCUT2D eigenvalue weighted by Gasteiger charge is -2.38. The number of nitrogens with one attached hydrogen (secondary N) is 1. The molecule has 1 N–H and O–H groups in total. The fraction of sp³-hybridized carbons (Fsp3) is 0.417. The zero-order valence-electron chi connectivity index (χ0n) is 17.5. The van der Waals surface area contributed by atoms with E-state index in [1.807, 2.05) is 30.3 Å². The van der Waals surface area contributed by atoms with E-state index in [0.29, 0.717) is 11.9 Å². The molecule has 1 saturated carbocycles. The lowest BCUT2D eigenvalue weighted by atomic mass is 9.84. The Hall–Kier alpha value is -2.90. The van der Waals surface area contributed by atoms with Crippen molar-refractivity contribution in [2.75, 3.05) is 31.6 Å². The van der Waals surface area contributed by atoms with Crippen LogP contribution in [0.15, 0.2) is 48.8 Å². The van der Waals surface area contributed by atoms with Gasteiger partial charge < -0.3 is 10.1 Å². The van der Waals surface area contributed by atoms with Gasteiger partial charge in [0.05, 0.1) is 18.9 Å². The molecule has 1 aliphatic heterocycles. The molecular formula is C24H27N5O2. The summed E-state index contributed by atoms with van der Waals surface area (Å²) in [6.45, 7) is 3.68. The minimum atomic E-state index is 0.0562. The highest BCUT2D eigenvalue weighted by atomic mass is 16.5. The highest BCUT2D eigenvalue weighted by Gasteiger charge is 2.30. The number of morpholine rings is 1. The third kappa shape index (κ3) is 4.57. The van der Waals surface area contributed by atoms with Crippen molar-refractivity contribution in [2.24, 2.45) is 5.92 Å². The molecule has 1 saturated heterocycles. The zero-order valence-corrected chi connectivity index (χ0v) is 17.5. The third-order valence-electron chi connectivity index (χ3n) is 6.47. The number of hydrogen-bond donors (Lipinski definition) is 1. The molecule has 7 nitrogen and oxygen atoms in total. The molecule has 2 aromatic heterocycles. The molecule has 0 radical (unpaired) electrons. The van der Waals surface area contributed by atoms with Crippen LogP contribution in [-0.2, 0) is 9.53 Å². The average molecular weight is 418 g/mol. The number of carbonyl (C=O) groups is 1. The van der Waals surface area contributed by atoms with E-state index in [9.17, 15) is 4.79 Å². The van der Waals surface area contributed by atoms with Gasteiger partial charge in [0.25, 0.3) is 0 Å². The number of nitrogens with zero attached hydrogens (tertiary/aromatic N) is 4. The van der Waals surface area contributed by atoms with Crippen molar-refractivity contribution < 1.29 is 9.53 Å². The number of benzene rings is 1. The van der Waals surface area contributed by atoms with Gasteiger partial charge in [-0.1, -0.05) is 12.1 Å². The highest BCUT2D eigenvalue weighted by molar-refractivity contribution is 5.95. The predicted octanol–water partition coefficient (Wildman–Crippen LogP) is 3.52. The van der Waals surface area contributed by atoms with Gasteiger partial charge in [-0.2, -0.15) is 10.2 Å². The molecular weight excluding hydrogens is 390 g/mol. The third-order valence-corrected chi connectivity index (χ3v) is 6.47. The van der Waals surface area contributed by atoms with Gasteiger partial charge in [-0.15, -0.1) is 0 Å². The molecule has 2 fully saturated rings. The summed E-state index contributed by atoms with van der Waals surface area (Å²) < 4.78 is 5.46. The Kier molecular flexibility index (Phi) is 5.86. The monoisotopic (exact) mass is 417 g/mol. The molecule has 3 heterocycles. The van der Waals surface area contributed by atoms with E-state index < -0.39 is 0 Å². The van der Waals surface area contributed by atoms with Crippen molar-refractivity contribution in [2.45, 2.75) is 31.7 Å². The number of pyridine rings is 1. The first-order valence-electron chi connectivity index (χ1n) is 11.1. The number of hydrogen-bond acceptors (Lipinski definition) is 6. The van der Waals surface area contributed by atoms with Gasteiger partial charge in [0.2, 0.25) is 5.91 Å². The van der Waals surface area contributed by atoms with E-state index in [0.717, 1.165) is 74.0 Å². The molecule has 0 atom stereocenters. The summed E-state index contributed by atoms with van der Waals surface area (Å²) in [5, 5.41) is 13.2. The Morgan fingerprint density at radius 3 is 2.65 bits per heavy atom. The Balaban J connectivity index is 1.24. The minimum absolute atomic E-state index is 0.0562. The van der Waals surface area contributed by atoms with Crippen molar-refractivity contribution in [1.29, 1.82) is 0 Å². The standard InChI is InChI=1S/C24H27N5O2/c30-24(17-5-7-21(8-6-17)29-10-12-31-13-11-29)27-23-15-20-14-18(3-4-19(20)16-25-23)22-2-1-9-26-28-22/h1-4,9,14-17,21H,5-8,10-13H2,(H,25,27,30). The predicted molar refractivity (Wildman–Crippen MR) is 120 cm³/mol. The summed E-state index contributed by atoms with van der Waals surface area (Å²) in [4.78, 5) is 19.8. The maximum absolute atomic E-state index is 12.9. The summed E-state index contributed by atoms with van der Waals surface area (Å²) in [5.41, 5.74) is 1.81. The molecule has 0 unspecified atom stereocenters. The van der Waals surface area contributed by atoms with Crippen LogP contribution in [0, 0.1) is 5.92 Å². The summed E-state index contributed by atoms with van der Waals surface area (Å²) in [6, 6.07) is 12.4. The Morgan fingerprint density at radius 1 is 1.03 bits per heavy atom. The Bertz CT molecular complexity index is 1040. The zero-order chi connectivity index (χ0) is 21.0. The quantitative estimate of drug-likeness (QED) is 0.700. The van der Waals surface area contributed by atoms with E-state index in [1.165, 1.54) is 0 Å². The lowest BCUT2D eigenvalue weighted by Crippen LogP contribution is -2.45. The lowest BCUT2D eigenvalue weighted by molar-refractivity contribution is -0.121. The van der Waals surface area contributed by atoms with Crippen LogP contribution in [0.5, 0.6) is 0 Å². The normalized spacial score (nSPS) is 22.3. The highest BCUT2D eigenvalue weighted by Crippen LogP contribution is 2.29. The molecule has 0 spiro atoms. The number of carbonyl (C=O) groups excluding carboxylic acids is 1. The second-order valence-electron chi connectivity index (χ2n) is 8.38. The van der Waals surface area contributed by atoms with Crippen LogP contribution >= 0.6 is 0 Å². The fourth-order valence-electron chi connectivity index (χ4n) is 4.70. The van der Waals surface area contributed by atoms with Crippen LogP contribution in [0.3, 0.4) is 0 Å². The summed E-state index contributed by atoms with van der Waals surface area (Å²) >= 11 is 0. The second kappa shape index (κ2) is 9.08. The maximum Gasteiger partial charge on any atom is 0.228 e. The van der Waals surface area contributed by atoms with Crippen LogP contribution in [0.2, 0.25) is 0 Å². The van der Waals surface area contributed by atoms with Crippen LogP contribution in [0.1, 0.15) is 25.7 Å². The van der Waals surface area contributed by atoms with Crippen molar-refractivity contribution >= 4 is 22.5 Å². The van der Waals surface area contributed by atoms with Crippen molar-refractivity contribution in [3.05, 3.63) is 48.8 Å². The number of aromatic nitrogens is 3. The molecule has 7 heteroatoms. The largest absolute Gasteiger partial charge is 0.379 e. The fourth-order valence-corrected chi connectivity index (χ4v) is 4.70. The van der Waals surface area contributed by atoms with Crippen LogP contribution in [0.25, 0.3) is 22.0 Å². The summed E-state index contributed by atoms with van der Waals surface area (Å²) in [7, 11) is 0. The van der Waals surface area contributed by atoms with Crippen LogP contribution < -0.4 is 5.32 Å². The number of fused-ring (bicyclic) bond motifs is 1. The molecule has 0 bridgehead atoms. The van der Waals surface area contributed by atoms with Gasteiger partial charge in [0.15, 0.2) is 0 Å². The first-order chi connectivity index (χ1) is 15.3. The van der Waals surface area contributed by atoms with Gasteiger partial charge in [-0.05, 0) is 55.3 Å². The van der Waals surface area contributed by atoms with Gasteiger partial charge >= 0.3 is 0 Å². The SMILES string of the molecule is O=C(Nc1cc2cc(-c3cccnn3)ccc2cn1)C1CCC(N2CCOCC2)CC1. The van der Waals surface area contributed by atoms with E-state index in [1.54, 1.807) is 12.4 Å². The molecule has 1 aliphatic carbocycles. The van der Waals surface area contributed by atoms with Gasteiger partial charge in [-0.3, -0.25) is 9.69 Å². The van der Waals surface area contributed by atoms with Crippen LogP contribution in [-0.4, -0.2) is 58.3 Å². The van der Waals surface area contributed by atoms with E-state index in [2.05, 4.69) is 31.5 Å². The van der Waals surface area contributed by atoms with Crippen molar-refractivity contribution in [3.63, 3.8) is 0 Å². The molecule has 160 valence electrons. The Morgan fingerprint density at radius 2 is 1.87 bits per heavy atom. The molecule has 3 aromatic rings. The number of amides is 1. The van der Waals surface area contributed by atoms with E-state index in [-0.39, 0.29) is 11.8 Å². The number of ether oxygens (including phenoxy) is 1. The Labute approximate surface area is 181 Å². The average Bonchev–Trinajstić information content (AvgIpc) is 2.85. The molecule has 2 aliphatic rings. The van der Waals surface area contributed by atoms with Crippen LogP contribution in [0.4, 0.5) is 5.82 Å². The molecule has 31 heavy (non-hydrogen) atoms. The topological polar surface area (TPSA) is 80.2 Å². The van der Waals surface area contributed by atoms with Gasteiger partial charge in [-0.25, -0.2) is 4.98 Å². The first-order valence-corrected chi connectivity index (χ1v) is 11.1. The smallest absolute Gasteiger partial charge is 0.228 e. The second-order valence-corrected chi connectivity index (χ2v) is 8.38. The van der Waals surface area contributed by atoms with E-state index >= 15 is 0 Å². The number of rotatable bonds is 4. The molecule has 5 rings (SSSR count).